The molecule has 0 aromatic heterocycles. The van der Waals surface area contributed by atoms with Crippen molar-refractivity contribution in [3.8, 4) is 5.75 Å². The second kappa shape index (κ2) is 6.75. The molecule has 3 N–H and O–H groups in total. The number of amides is 1. The van der Waals surface area contributed by atoms with Crippen molar-refractivity contribution in [2.45, 2.75) is 13.3 Å². The van der Waals surface area contributed by atoms with Gasteiger partial charge in [-0.15, -0.1) is 0 Å². The van der Waals surface area contributed by atoms with Crippen LogP contribution in [-0.2, 0) is 9.53 Å². The smallest absolute Gasteiger partial charge is 0.339 e. The Bertz CT molecular complexity index is 472. The number of aromatic carboxylic acids is 1. The van der Waals surface area contributed by atoms with Crippen LogP contribution in [0.2, 0.25) is 0 Å². The monoisotopic (exact) mass is 267 g/mol. The second-order valence-corrected chi connectivity index (χ2v) is 4.32. The van der Waals surface area contributed by atoms with E-state index in [4.69, 9.17) is 9.84 Å². The van der Waals surface area contributed by atoms with Crippen molar-refractivity contribution in [2.75, 3.05) is 19.0 Å². The van der Waals surface area contributed by atoms with Crippen LogP contribution in [0, 0.1) is 5.92 Å². The molecule has 1 amide bonds. The van der Waals surface area contributed by atoms with Gasteiger partial charge in [0.05, 0.1) is 5.69 Å². The van der Waals surface area contributed by atoms with Crippen LogP contribution < -0.4 is 5.32 Å². The van der Waals surface area contributed by atoms with Gasteiger partial charge in [-0.1, -0.05) is 13.0 Å². The molecule has 6 nitrogen and oxygen atoms in total. The lowest BCUT2D eigenvalue weighted by atomic mass is 10.1. The van der Waals surface area contributed by atoms with Gasteiger partial charge in [0.1, 0.15) is 5.56 Å². The van der Waals surface area contributed by atoms with Crippen LogP contribution >= 0.6 is 0 Å². The molecule has 0 heterocycles. The first-order valence-corrected chi connectivity index (χ1v) is 5.79. The molecule has 19 heavy (non-hydrogen) atoms. The first-order chi connectivity index (χ1) is 8.95. The number of benzene rings is 1. The Labute approximate surface area is 111 Å². The van der Waals surface area contributed by atoms with Crippen molar-refractivity contribution in [2.24, 2.45) is 5.92 Å². The number of aromatic hydroxyl groups is 1. The summed E-state index contributed by atoms with van der Waals surface area (Å²) in [5.74, 6) is -1.96. The lowest BCUT2D eigenvalue weighted by molar-refractivity contribution is -0.117. The largest absolute Gasteiger partial charge is 0.505 e. The van der Waals surface area contributed by atoms with Crippen LogP contribution in [0.15, 0.2) is 18.2 Å². The van der Waals surface area contributed by atoms with Gasteiger partial charge in [-0.2, -0.15) is 0 Å². The van der Waals surface area contributed by atoms with Gasteiger partial charge in [-0.25, -0.2) is 4.79 Å². The summed E-state index contributed by atoms with van der Waals surface area (Å²) in [6, 6.07) is 4.17. The Hall–Kier alpha value is -2.08. The molecule has 104 valence electrons. The zero-order valence-corrected chi connectivity index (χ0v) is 10.8. The molecular formula is C13H17NO5. The van der Waals surface area contributed by atoms with E-state index in [1.807, 2.05) is 6.92 Å². The summed E-state index contributed by atoms with van der Waals surface area (Å²) in [6.07, 6.45) is 0.227. The van der Waals surface area contributed by atoms with E-state index >= 15 is 0 Å². The zero-order valence-electron chi connectivity index (χ0n) is 10.8. The number of carbonyl (C=O) groups excluding carboxylic acids is 1. The van der Waals surface area contributed by atoms with E-state index in [1.54, 1.807) is 7.11 Å². The summed E-state index contributed by atoms with van der Waals surface area (Å²) in [7, 11) is 1.55. The highest BCUT2D eigenvalue weighted by atomic mass is 16.5. The van der Waals surface area contributed by atoms with Crippen molar-refractivity contribution in [3.63, 3.8) is 0 Å². The second-order valence-electron chi connectivity index (χ2n) is 4.32. The van der Waals surface area contributed by atoms with Gasteiger partial charge in [0.15, 0.2) is 5.75 Å². The molecular weight excluding hydrogens is 250 g/mol. The third-order valence-electron chi connectivity index (χ3n) is 2.53. The Morgan fingerprint density at radius 3 is 2.68 bits per heavy atom. The molecule has 0 aliphatic carbocycles. The third kappa shape index (κ3) is 4.26. The predicted octanol–water partition coefficient (Wildman–Crippen LogP) is 1.70. The van der Waals surface area contributed by atoms with Crippen molar-refractivity contribution in [3.05, 3.63) is 23.8 Å². The first-order valence-electron chi connectivity index (χ1n) is 5.79. The highest BCUT2D eigenvalue weighted by molar-refractivity contribution is 5.97. The van der Waals surface area contributed by atoms with Crippen LogP contribution in [0.25, 0.3) is 0 Å². The standard InChI is InChI=1S/C13H17NO5/c1-8(7-19-2)6-11(15)14-10-5-3-4-9(12(10)16)13(17)18/h3-5,8,16H,6-7H2,1-2H3,(H,14,15)(H,17,18). The van der Waals surface area contributed by atoms with Crippen LogP contribution in [0.4, 0.5) is 5.69 Å². The topological polar surface area (TPSA) is 95.9 Å². The zero-order chi connectivity index (χ0) is 14.4. The maximum Gasteiger partial charge on any atom is 0.339 e. The average molecular weight is 267 g/mol. The van der Waals surface area contributed by atoms with Crippen LogP contribution in [-0.4, -0.2) is 35.8 Å². The number of carbonyl (C=O) groups is 2. The molecule has 0 aliphatic heterocycles. The van der Waals surface area contributed by atoms with E-state index in [9.17, 15) is 14.7 Å². The van der Waals surface area contributed by atoms with Crippen molar-refractivity contribution in [1.82, 2.24) is 0 Å². The van der Waals surface area contributed by atoms with Gasteiger partial charge in [0.25, 0.3) is 0 Å². The fourth-order valence-corrected chi connectivity index (χ4v) is 1.68. The molecule has 0 fully saturated rings. The summed E-state index contributed by atoms with van der Waals surface area (Å²) >= 11 is 0. The number of ether oxygens (including phenoxy) is 1. The lowest BCUT2D eigenvalue weighted by Gasteiger charge is -2.12. The molecule has 0 spiro atoms. The lowest BCUT2D eigenvalue weighted by Crippen LogP contribution is -2.18. The third-order valence-corrected chi connectivity index (χ3v) is 2.53. The number of nitrogens with one attached hydrogen (secondary N) is 1. The number of rotatable bonds is 6. The van der Waals surface area contributed by atoms with E-state index in [0.29, 0.717) is 6.61 Å². The Kier molecular flexibility index (Phi) is 5.32. The van der Waals surface area contributed by atoms with Crippen molar-refractivity contribution < 1.29 is 24.5 Å². The fraction of sp³-hybridized carbons (Fsp3) is 0.385. The van der Waals surface area contributed by atoms with E-state index in [-0.39, 0.29) is 29.5 Å². The van der Waals surface area contributed by atoms with Gasteiger partial charge in [-0.05, 0) is 18.1 Å². The first kappa shape index (κ1) is 15.0. The van der Waals surface area contributed by atoms with Crippen LogP contribution in [0.3, 0.4) is 0 Å². The van der Waals surface area contributed by atoms with Crippen LogP contribution in [0.5, 0.6) is 5.75 Å². The van der Waals surface area contributed by atoms with E-state index in [0.717, 1.165) is 0 Å². The normalized spacial score (nSPS) is 11.9. The molecule has 0 bridgehead atoms. The molecule has 1 unspecified atom stereocenters. The number of anilines is 1. The number of methoxy groups -OCH3 is 1. The van der Waals surface area contributed by atoms with E-state index in [2.05, 4.69) is 5.32 Å². The fourth-order valence-electron chi connectivity index (χ4n) is 1.68. The highest BCUT2D eigenvalue weighted by Crippen LogP contribution is 2.27. The van der Waals surface area contributed by atoms with Gasteiger partial charge < -0.3 is 20.3 Å². The van der Waals surface area contributed by atoms with Crippen molar-refractivity contribution in [1.29, 1.82) is 0 Å². The van der Waals surface area contributed by atoms with Gasteiger partial charge >= 0.3 is 5.97 Å². The summed E-state index contributed by atoms with van der Waals surface area (Å²) in [5.41, 5.74) is -0.155. The Morgan fingerprint density at radius 2 is 2.11 bits per heavy atom. The Balaban J connectivity index is 2.75. The highest BCUT2D eigenvalue weighted by Gasteiger charge is 2.15. The minimum Gasteiger partial charge on any atom is -0.505 e. The molecule has 1 atom stereocenters. The number of hydrogen-bond donors (Lipinski definition) is 3. The quantitative estimate of drug-likeness (QED) is 0.682. The van der Waals surface area contributed by atoms with Gasteiger partial charge in [0, 0.05) is 20.1 Å². The summed E-state index contributed by atoms with van der Waals surface area (Å²) in [5, 5.41) is 21.1. The molecule has 0 saturated carbocycles. The van der Waals surface area contributed by atoms with E-state index < -0.39 is 11.7 Å². The van der Waals surface area contributed by atoms with Crippen LogP contribution in [0.1, 0.15) is 23.7 Å². The number of hydrogen-bond acceptors (Lipinski definition) is 4. The maximum atomic E-state index is 11.7. The number of para-hydroxylation sites is 1. The molecule has 1 aromatic carbocycles. The number of phenols is 1. The molecule has 6 heteroatoms. The molecule has 0 radical (unpaired) electrons. The minimum atomic E-state index is -1.25. The van der Waals surface area contributed by atoms with Gasteiger partial charge in [-0.3, -0.25) is 4.79 Å². The molecule has 1 aromatic rings. The summed E-state index contributed by atoms with van der Waals surface area (Å²) in [4.78, 5) is 22.5. The average Bonchev–Trinajstić information content (AvgIpc) is 2.31. The predicted molar refractivity (Wildman–Crippen MR) is 69.4 cm³/mol. The molecule has 0 saturated heterocycles. The number of carboxylic acids is 1. The maximum absolute atomic E-state index is 11.7. The summed E-state index contributed by atoms with van der Waals surface area (Å²) < 4.78 is 4.92. The Morgan fingerprint density at radius 1 is 1.42 bits per heavy atom. The minimum absolute atomic E-state index is 0.0369. The van der Waals surface area contributed by atoms with E-state index in [1.165, 1.54) is 18.2 Å². The number of carboxylic acid groups (broad SMARTS) is 1. The molecule has 1 rings (SSSR count). The summed E-state index contributed by atoms with van der Waals surface area (Å²) in [6.45, 7) is 2.31. The SMILES string of the molecule is COCC(C)CC(=O)Nc1cccc(C(=O)O)c1O. The van der Waals surface area contributed by atoms with Gasteiger partial charge in [0.2, 0.25) is 5.91 Å². The van der Waals surface area contributed by atoms with Crippen molar-refractivity contribution >= 4 is 17.6 Å². The molecule has 0 aliphatic rings.